The Balaban J connectivity index is 1.28. The molecule has 7 heteroatoms. The Kier molecular flexibility index (Phi) is 5.02. The number of fused-ring (bicyclic) bond motifs is 1. The number of carbonyl (C=O) groups is 1. The van der Waals surface area contributed by atoms with Crippen LogP contribution in [0.2, 0.25) is 0 Å². The van der Waals surface area contributed by atoms with E-state index in [0.29, 0.717) is 39.1 Å². The molecule has 2 aliphatic heterocycles. The fourth-order valence-electron chi connectivity index (χ4n) is 3.71. The molecule has 0 spiro atoms. The average molecular weight is 390 g/mol. The van der Waals surface area contributed by atoms with Gasteiger partial charge in [0.05, 0.1) is 5.56 Å². The van der Waals surface area contributed by atoms with Crippen LogP contribution in [0, 0.1) is 0 Å². The van der Waals surface area contributed by atoms with Crippen LogP contribution in [0.25, 0.3) is 0 Å². The first-order valence-electron chi connectivity index (χ1n) is 9.32. The van der Waals surface area contributed by atoms with Crippen LogP contribution in [0.3, 0.4) is 0 Å². The van der Waals surface area contributed by atoms with Crippen molar-refractivity contribution < 1.29 is 22.7 Å². The minimum absolute atomic E-state index is 0.00498. The molecule has 4 nitrogen and oxygen atoms in total. The molecule has 0 aliphatic carbocycles. The lowest BCUT2D eigenvalue weighted by molar-refractivity contribution is -0.139. The van der Waals surface area contributed by atoms with E-state index in [0.717, 1.165) is 29.0 Å². The molecule has 28 heavy (non-hydrogen) atoms. The van der Waals surface area contributed by atoms with Crippen molar-refractivity contribution in [1.29, 1.82) is 0 Å². The summed E-state index contributed by atoms with van der Waals surface area (Å²) in [5.41, 5.74) is 1.26. The normalized spacial score (nSPS) is 20.0. The van der Waals surface area contributed by atoms with Gasteiger partial charge < -0.3 is 9.64 Å². The Morgan fingerprint density at radius 2 is 1.68 bits per heavy atom. The van der Waals surface area contributed by atoms with E-state index in [9.17, 15) is 18.0 Å². The smallest absolute Gasteiger partial charge is 0.416 e. The van der Waals surface area contributed by atoms with Crippen molar-refractivity contribution in [2.75, 3.05) is 26.2 Å². The Hall–Kier alpha value is -2.54. The fourth-order valence-corrected chi connectivity index (χ4v) is 3.71. The highest BCUT2D eigenvalue weighted by Crippen LogP contribution is 2.30. The summed E-state index contributed by atoms with van der Waals surface area (Å²) in [6.45, 7) is 3.13. The first-order valence-corrected chi connectivity index (χ1v) is 9.32. The third-order valence-electron chi connectivity index (χ3n) is 5.29. The van der Waals surface area contributed by atoms with Gasteiger partial charge in [0.15, 0.2) is 6.10 Å². The molecule has 1 atom stereocenters. The molecule has 4 rings (SSSR count). The highest BCUT2D eigenvalue weighted by atomic mass is 19.4. The molecule has 1 saturated heterocycles. The molecule has 2 heterocycles. The monoisotopic (exact) mass is 390 g/mol. The molecular formula is C21H21F3N2O2. The molecule has 2 aromatic carbocycles. The van der Waals surface area contributed by atoms with E-state index >= 15 is 0 Å². The van der Waals surface area contributed by atoms with Crippen molar-refractivity contribution >= 4 is 5.91 Å². The number of halogens is 3. The number of alkyl halides is 3. The second-order valence-corrected chi connectivity index (χ2v) is 7.21. The van der Waals surface area contributed by atoms with E-state index in [1.807, 2.05) is 29.2 Å². The van der Waals surface area contributed by atoms with Crippen molar-refractivity contribution in [3.8, 4) is 5.75 Å². The molecule has 2 aromatic rings. The quantitative estimate of drug-likeness (QED) is 0.806. The molecule has 148 valence electrons. The summed E-state index contributed by atoms with van der Waals surface area (Å²) >= 11 is 0. The van der Waals surface area contributed by atoms with Crippen molar-refractivity contribution in [3.05, 3.63) is 65.2 Å². The van der Waals surface area contributed by atoms with Crippen LogP contribution >= 0.6 is 0 Å². The largest absolute Gasteiger partial charge is 0.480 e. The Morgan fingerprint density at radius 3 is 2.32 bits per heavy atom. The highest BCUT2D eigenvalue weighted by molar-refractivity contribution is 5.82. The molecule has 0 saturated carbocycles. The summed E-state index contributed by atoms with van der Waals surface area (Å²) in [5.74, 6) is 0.784. The Labute approximate surface area is 161 Å². The first kappa shape index (κ1) is 18.8. The number of nitrogens with zero attached hydrogens (tertiary/aromatic N) is 2. The molecule has 1 fully saturated rings. The van der Waals surface area contributed by atoms with Gasteiger partial charge in [0.2, 0.25) is 0 Å². The zero-order chi connectivity index (χ0) is 19.7. The molecule has 0 aromatic heterocycles. The topological polar surface area (TPSA) is 32.8 Å². The van der Waals surface area contributed by atoms with Crippen LogP contribution in [0.5, 0.6) is 5.75 Å². The number of piperazine rings is 1. The second kappa shape index (κ2) is 7.47. The zero-order valence-corrected chi connectivity index (χ0v) is 15.3. The standard InChI is InChI=1S/C21H21F3N2O2/c22-21(23,24)17-7-5-15(6-8-17)14-25-9-11-26(12-10-25)20(27)19-13-16-3-1-2-4-18(16)28-19/h1-8,19H,9-14H2/t19-/m0/s1. The van der Waals surface area contributed by atoms with Gasteiger partial charge in [-0.3, -0.25) is 9.69 Å². The highest BCUT2D eigenvalue weighted by Gasteiger charge is 2.34. The molecule has 2 aliphatic rings. The first-order chi connectivity index (χ1) is 13.4. The average Bonchev–Trinajstić information content (AvgIpc) is 3.12. The van der Waals surface area contributed by atoms with E-state index in [1.54, 1.807) is 0 Å². The van der Waals surface area contributed by atoms with Gasteiger partial charge in [0.1, 0.15) is 5.75 Å². The third kappa shape index (κ3) is 3.99. The van der Waals surface area contributed by atoms with E-state index in [4.69, 9.17) is 4.74 Å². The number of rotatable bonds is 3. The van der Waals surface area contributed by atoms with Crippen LogP contribution in [-0.2, 0) is 23.9 Å². The predicted molar refractivity (Wildman–Crippen MR) is 97.9 cm³/mol. The van der Waals surface area contributed by atoms with Crippen molar-refractivity contribution in [2.45, 2.75) is 25.2 Å². The molecule has 0 bridgehead atoms. The van der Waals surface area contributed by atoms with Gasteiger partial charge in [-0.05, 0) is 29.3 Å². The Bertz CT molecular complexity index is 818. The number of hydrogen-bond acceptors (Lipinski definition) is 3. The molecular weight excluding hydrogens is 369 g/mol. The van der Waals surface area contributed by atoms with Gasteiger partial charge in [-0.15, -0.1) is 0 Å². The van der Waals surface area contributed by atoms with Crippen LogP contribution in [0.15, 0.2) is 48.5 Å². The van der Waals surface area contributed by atoms with Gasteiger partial charge >= 0.3 is 6.18 Å². The summed E-state index contributed by atoms with van der Waals surface area (Å²) in [6.07, 6.45) is -4.17. The molecule has 0 radical (unpaired) electrons. The lowest BCUT2D eigenvalue weighted by Crippen LogP contribution is -2.51. The van der Waals surface area contributed by atoms with Crippen LogP contribution < -0.4 is 4.74 Å². The van der Waals surface area contributed by atoms with Gasteiger partial charge in [-0.2, -0.15) is 13.2 Å². The SMILES string of the molecule is O=C([C@@H]1Cc2ccccc2O1)N1CCN(Cc2ccc(C(F)(F)F)cc2)CC1. The maximum absolute atomic E-state index is 12.7. The summed E-state index contributed by atoms with van der Waals surface area (Å²) in [5, 5.41) is 0. The van der Waals surface area contributed by atoms with Gasteiger partial charge in [0.25, 0.3) is 5.91 Å². The number of amides is 1. The summed E-state index contributed by atoms with van der Waals surface area (Å²) in [7, 11) is 0. The van der Waals surface area contributed by atoms with E-state index in [1.165, 1.54) is 12.1 Å². The molecule has 1 amide bonds. The van der Waals surface area contributed by atoms with E-state index in [-0.39, 0.29) is 5.91 Å². The number of benzene rings is 2. The summed E-state index contributed by atoms with van der Waals surface area (Å²) in [4.78, 5) is 16.7. The minimum atomic E-state index is -4.31. The van der Waals surface area contributed by atoms with Crippen LogP contribution in [-0.4, -0.2) is 48.0 Å². The maximum atomic E-state index is 12.7. The lowest BCUT2D eigenvalue weighted by atomic mass is 10.1. The zero-order valence-electron chi connectivity index (χ0n) is 15.3. The van der Waals surface area contributed by atoms with Gasteiger partial charge in [0, 0.05) is 39.1 Å². The predicted octanol–water partition coefficient (Wildman–Crippen LogP) is 3.35. The summed E-state index contributed by atoms with van der Waals surface area (Å²) < 4.78 is 43.7. The van der Waals surface area contributed by atoms with E-state index < -0.39 is 17.8 Å². The lowest BCUT2D eigenvalue weighted by Gasteiger charge is -2.35. The van der Waals surface area contributed by atoms with Crippen molar-refractivity contribution in [3.63, 3.8) is 0 Å². The molecule has 0 N–H and O–H groups in total. The van der Waals surface area contributed by atoms with Crippen LogP contribution in [0.4, 0.5) is 13.2 Å². The van der Waals surface area contributed by atoms with Crippen molar-refractivity contribution in [2.24, 2.45) is 0 Å². The van der Waals surface area contributed by atoms with Gasteiger partial charge in [-0.1, -0.05) is 30.3 Å². The van der Waals surface area contributed by atoms with Crippen molar-refractivity contribution in [1.82, 2.24) is 9.80 Å². The maximum Gasteiger partial charge on any atom is 0.416 e. The minimum Gasteiger partial charge on any atom is -0.480 e. The third-order valence-corrected chi connectivity index (χ3v) is 5.29. The van der Waals surface area contributed by atoms with Gasteiger partial charge in [-0.25, -0.2) is 0 Å². The number of carbonyl (C=O) groups excluding carboxylic acids is 1. The molecule has 0 unspecified atom stereocenters. The number of ether oxygens (including phenoxy) is 1. The summed E-state index contributed by atoms with van der Waals surface area (Å²) in [6, 6.07) is 13.0. The fraction of sp³-hybridized carbons (Fsp3) is 0.381. The second-order valence-electron chi connectivity index (χ2n) is 7.21. The van der Waals surface area contributed by atoms with Crippen LogP contribution in [0.1, 0.15) is 16.7 Å². The Morgan fingerprint density at radius 1 is 1.00 bits per heavy atom. The number of para-hydroxylation sites is 1. The van der Waals surface area contributed by atoms with E-state index in [2.05, 4.69) is 4.90 Å². The number of hydrogen-bond donors (Lipinski definition) is 0.